The van der Waals surface area contributed by atoms with Gasteiger partial charge in [-0.3, -0.25) is 4.98 Å². The van der Waals surface area contributed by atoms with E-state index in [-0.39, 0.29) is 12.7 Å². The zero-order valence-corrected chi connectivity index (χ0v) is 9.06. The predicted octanol–water partition coefficient (Wildman–Crippen LogP) is 2.05. The molecule has 2 rings (SSSR count). The molecular weight excluding hydrogens is 204 g/mol. The molecule has 0 aromatic carbocycles. The number of hydrogen-bond acceptors (Lipinski definition) is 4. The molecule has 2 heterocycles. The van der Waals surface area contributed by atoms with Gasteiger partial charge in [-0.2, -0.15) is 5.26 Å². The average Bonchev–Trinajstić information content (AvgIpc) is 2.33. The smallest absolute Gasteiger partial charge is 0.199 e. The Morgan fingerprint density at radius 3 is 3.25 bits per heavy atom. The Labute approximate surface area is 94.8 Å². The Kier molecular flexibility index (Phi) is 3.73. The van der Waals surface area contributed by atoms with Crippen molar-refractivity contribution < 1.29 is 9.47 Å². The fourth-order valence-corrected chi connectivity index (χ4v) is 1.68. The van der Waals surface area contributed by atoms with Gasteiger partial charge < -0.3 is 9.47 Å². The summed E-state index contributed by atoms with van der Waals surface area (Å²) in [5.74, 6) is 0.663. The SMILES string of the molecule is N#CCc1ncccc1OC1CCCCO1. The number of nitrogens with zero attached hydrogens (tertiary/aromatic N) is 2. The lowest BCUT2D eigenvalue weighted by molar-refractivity contribution is -0.106. The molecule has 0 saturated carbocycles. The standard InChI is InChI=1S/C12H14N2O2/c13-7-6-10-11(4-3-8-14-10)16-12-5-1-2-9-15-12/h3-4,8,12H,1-2,5-6,9H2. The highest BCUT2D eigenvalue weighted by molar-refractivity contribution is 5.29. The van der Waals surface area contributed by atoms with Crippen LogP contribution in [0, 0.1) is 11.3 Å². The lowest BCUT2D eigenvalue weighted by Gasteiger charge is -2.23. The van der Waals surface area contributed by atoms with Gasteiger partial charge >= 0.3 is 0 Å². The minimum absolute atomic E-state index is 0.185. The first kappa shape index (κ1) is 10.9. The van der Waals surface area contributed by atoms with Crippen molar-refractivity contribution in [2.24, 2.45) is 0 Å². The van der Waals surface area contributed by atoms with Crippen LogP contribution in [0.2, 0.25) is 0 Å². The van der Waals surface area contributed by atoms with E-state index in [9.17, 15) is 0 Å². The van der Waals surface area contributed by atoms with Crippen molar-refractivity contribution in [2.45, 2.75) is 32.0 Å². The molecule has 0 aliphatic carbocycles. The summed E-state index contributed by atoms with van der Waals surface area (Å²) in [6.45, 7) is 0.749. The molecular formula is C12H14N2O2. The summed E-state index contributed by atoms with van der Waals surface area (Å²) in [5, 5.41) is 8.67. The van der Waals surface area contributed by atoms with E-state index in [1.807, 2.05) is 6.07 Å². The van der Waals surface area contributed by atoms with Crippen LogP contribution in [0.5, 0.6) is 5.75 Å². The maximum atomic E-state index is 8.67. The van der Waals surface area contributed by atoms with Crippen molar-refractivity contribution in [3.63, 3.8) is 0 Å². The average molecular weight is 218 g/mol. The monoisotopic (exact) mass is 218 g/mol. The summed E-state index contributed by atoms with van der Waals surface area (Å²) >= 11 is 0. The molecule has 0 amide bonds. The van der Waals surface area contributed by atoms with Crippen LogP contribution >= 0.6 is 0 Å². The van der Waals surface area contributed by atoms with Gasteiger partial charge in [-0.05, 0) is 25.0 Å². The third-order valence-electron chi connectivity index (χ3n) is 2.49. The summed E-state index contributed by atoms with van der Waals surface area (Å²) in [6, 6.07) is 5.71. The van der Waals surface area contributed by atoms with Crippen molar-refractivity contribution in [3.8, 4) is 11.8 Å². The summed E-state index contributed by atoms with van der Waals surface area (Å²) < 4.78 is 11.2. The molecule has 1 saturated heterocycles. The van der Waals surface area contributed by atoms with Crippen molar-refractivity contribution in [1.29, 1.82) is 5.26 Å². The molecule has 1 aliphatic rings. The van der Waals surface area contributed by atoms with Crippen LogP contribution in [0.4, 0.5) is 0 Å². The third kappa shape index (κ3) is 2.71. The van der Waals surface area contributed by atoms with Gasteiger partial charge in [-0.25, -0.2) is 0 Å². The van der Waals surface area contributed by atoms with Crippen LogP contribution in [0.1, 0.15) is 25.0 Å². The molecule has 16 heavy (non-hydrogen) atoms. The van der Waals surface area contributed by atoms with Crippen LogP contribution < -0.4 is 4.74 Å². The van der Waals surface area contributed by atoms with Gasteiger partial charge in [0.05, 0.1) is 24.8 Å². The van der Waals surface area contributed by atoms with Gasteiger partial charge in [0.2, 0.25) is 0 Å². The molecule has 0 bridgehead atoms. The quantitative estimate of drug-likeness (QED) is 0.779. The molecule has 0 spiro atoms. The predicted molar refractivity (Wildman–Crippen MR) is 57.8 cm³/mol. The van der Waals surface area contributed by atoms with Gasteiger partial charge in [0.1, 0.15) is 5.75 Å². The van der Waals surface area contributed by atoms with Crippen LogP contribution in [-0.4, -0.2) is 17.9 Å². The van der Waals surface area contributed by atoms with E-state index < -0.39 is 0 Å². The van der Waals surface area contributed by atoms with Crippen molar-refractivity contribution >= 4 is 0 Å². The first-order chi connectivity index (χ1) is 7.90. The number of hydrogen-bond donors (Lipinski definition) is 0. The molecule has 1 fully saturated rings. The Morgan fingerprint density at radius 1 is 1.56 bits per heavy atom. The van der Waals surface area contributed by atoms with Crippen molar-refractivity contribution in [3.05, 3.63) is 24.0 Å². The Bertz CT molecular complexity index is 381. The summed E-state index contributed by atoms with van der Waals surface area (Å²) in [5.41, 5.74) is 0.680. The van der Waals surface area contributed by atoms with Gasteiger partial charge in [-0.1, -0.05) is 0 Å². The Morgan fingerprint density at radius 2 is 2.50 bits per heavy atom. The first-order valence-electron chi connectivity index (χ1n) is 5.49. The minimum atomic E-state index is -0.185. The van der Waals surface area contributed by atoms with Crippen LogP contribution in [0.3, 0.4) is 0 Å². The van der Waals surface area contributed by atoms with Gasteiger partial charge in [0.25, 0.3) is 0 Å². The van der Waals surface area contributed by atoms with Gasteiger partial charge in [0, 0.05) is 12.6 Å². The fourth-order valence-electron chi connectivity index (χ4n) is 1.68. The Balaban J connectivity index is 2.05. The highest BCUT2D eigenvalue weighted by Gasteiger charge is 2.16. The lowest BCUT2D eigenvalue weighted by atomic mass is 10.2. The van der Waals surface area contributed by atoms with E-state index in [0.717, 1.165) is 25.9 Å². The van der Waals surface area contributed by atoms with Gasteiger partial charge in [0.15, 0.2) is 6.29 Å². The van der Waals surface area contributed by atoms with Crippen molar-refractivity contribution in [2.75, 3.05) is 6.61 Å². The fraction of sp³-hybridized carbons (Fsp3) is 0.500. The topological polar surface area (TPSA) is 55.1 Å². The second kappa shape index (κ2) is 5.47. The van der Waals surface area contributed by atoms with E-state index >= 15 is 0 Å². The molecule has 84 valence electrons. The first-order valence-corrected chi connectivity index (χ1v) is 5.49. The van der Waals surface area contributed by atoms with E-state index in [1.165, 1.54) is 0 Å². The molecule has 1 unspecified atom stereocenters. The zero-order chi connectivity index (χ0) is 11.2. The summed E-state index contributed by atoms with van der Waals surface area (Å²) in [6.07, 6.45) is 4.87. The number of aromatic nitrogens is 1. The second-order valence-corrected chi connectivity index (χ2v) is 3.70. The van der Waals surface area contributed by atoms with Crippen molar-refractivity contribution in [1.82, 2.24) is 4.98 Å². The highest BCUT2D eigenvalue weighted by atomic mass is 16.7. The summed E-state index contributed by atoms with van der Waals surface area (Å²) in [4.78, 5) is 4.13. The minimum Gasteiger partial charge on any atom is -0.463 e. The lowest BCUT2D eigenvalue weighted by Crippen LogP contribution is -2.25. The molecule has 1 aromatic heterocycles. The maximum Gasteiger partial charge on any atom is 0.199 e. The van der Waals surface area contributed by atoms with Crippen LogP contribution in [0.15, 0.2) is 18.3 Å². The summed E-state index contributed by atoms with van der Waals surface area (Å²) in [7, 11) is 0. The zero-order valence-electron chi connectivity index (χ0n) is 9.06. The van der Waals surface area contributed by atoms with Crippen LogP contribution in [0.25, 0.3) is 0 Å². The number of rotatable bonds is 3. The van der Waals surface area contributed by atoms with E-state index in [4.69, 9.17) is 14.7 Å². The highest BCUT2D eigenvalue weighted by Crippen LogP contribution is 2.21. The third-order valence-corrected chi connectivity index (χ3v) is 2.49. The largest absolute Gasteiger partial charge is 0.463 e. The van der Waals surface area contributed by atoms with E-state index in [1.54, 1.807) is 12.3 Å². The number of nitriles is 1. The number of ether oxygens (including phenoxy) is 2. The molecule has 1 aliphatic heterocycles. The van der Waals surface area contributed by atoms with E-state index in [0.29, 0.717) is 11.4 Å². The molecule has 1 aromatic rings. The Hall–Kier alpha value is -1.60. The normalized spacial score (nSPS) is 20.1. The van der Waals surface area contributed by atoms with Gasteiger partial charge in [-0.15, -0.1) is 0 Å². The maximum absolute atomic E-state index is 8.67. The molecule has 4 nitrogen and oxygen atoms in total. The molecule has 4 heteroatoms. The van der Waals surface area contributed by atoms with Crippen LogP contribution in [-0.2, 0) is 11.2 Å². The molecule has 0 radical (unpaired) electrons. The van der Waals surface area contributed by atoms with E-state index in [2.05, 4.69) is 11.1 Å². The second-order valence-electron chi connectivity index (χ2n) is 3.70. The molecule has 0 N–H and O–H groups in total. The number of pyridine rings is 1. The molecule has 1 atom stereocenters.